The SMILES string of the molecule is OC[C@H](O)[C@H]1OC(c2ccccc2)O[C@H]2COC(c3ccccc3)O[C@@H]12. The summed E-state index contributed by atoms with van der Waals surface area (Å²) in [5, 5.41) is 19.8. The van der Waals surface area contributed by atoms with Gasteiger partial charge in [-0.1, -0.05) is 60.7 Å². The fourth-order valence-corrected chi connectivity index (χ4v) is 3.33. The highest BCUT2D eigenvalue weighted by Crippen LogP contribution is 2.38. The lowest BCUT2D eigenvalue weighted by atomic mass is 9.99. The van der Waals surface area contributed by atoms with Crippen LogP contribution < -0.4 is 0 Å². The number of hydrogen-bond donors (Lipinski definition) is 2. The molecule has 0 saturated carbocycles. The summed E-state index contributed by atoms with van der Waals surface area (Å²) in [7, 11) is 0. The molecular formula is C20H22O6. The third-order valence-corrected chi connectivity index (χ3v) is 4.67. The van der Waals surface area contributed by atoms with E-state index in [9.17, 15) is 10.2 Å². The largest absolute Gasteiger partial charge is 0.394 e. The van der Waals surface area contributed by atoms with Gasteiger partial charge < -0.3 is 29.2 Å². The zero-order valence-electron chi connectivity index (χ0n) is 14.2. The zero-order chi connectivity index (χ0) is 17.9. The third kappa shape index (κ3) is 3.53. The van der Waals surface area contributed by atoms with Gasteiger partial charge in [0.15, 0.2) is 12.6 Å². The molecule has 2 saturated heterocycles. The average Bonchev–Trinajstić information content (AvgIpc) is 2.73. The molecule has 0 amide bonds. The van der Waals surface area contributed by atoms with Crippen LogP contribution in [0.1, 0.15) is 23.7 Å². The lowest BCUT2D eigenvalue weighted by Crippen LogP contribution is -2.58. The van der Waals surface area contributed by atoms with Crippen molar-refractivity contribution in [1.29, 1.82) is 0 Å². The van der Waals surface area contributed by atoms with E-state index in [-0.39, 0.29) is 0 Å². The topological polar surface area (TPSA) is 77.4 Å². The molecule has 0 radical (unpaired) electrons. The Morgan fingerprint density at radius 2 is 1.46 bits per heavy atom. The van der Waals surface area contributed by atoms with Crippen LogP contribution in [0.5, 0.6) is 0 Å². The van der Waals surface area contributed by atoms with E-state index >= 15 is 0 Å². The molecule has 0 aliphatic carbocycles. The molecule has 4 rings (SSSR count). The van der Waals surface area contributed by atoms with Gasteiger partial charge in [0, 0.05) is 11.1 Å². The molecule has 2 heterocycles. The van der Waals surface area contributed by atoms with Crippen LogP contribution in [0.15, 0.2) is 60.7 Å². The van der Waals surface area contributed by atoms with Gasteiger partial charge in [0.05, 0.1) is 13.2 Å². The van der Waals surface area contributed by atoms with Gasteiger partial charge in [-0.15, -0.1) is 0 Å². The summed E-state index contributed by atoms with van der Waals surface area (Å²) in [6.07, 6.45) is -3.96. The predicted molar refractivity (Wildman–Crippen MR) is 92.0 cm³/mol. The molecule has 2 aliphatic heterocycles. The molecule has 138 valence electrons. The maximum Gasteiger partial charge on any atom is 0.184 e. The van der Waals surface area contributed by atoms with E-state index in [4.69, 9.17) is 18.9 Å². The first kappa shape index (κ1) is 17.6. The Balaban J connectivity index is 1.56. The molecule has 0 aromatic heterocycles. The Hall–Kier alpha value is -1.80. The highest BCUT2D eigenvalue weighted by molar-refractivity contribution is 5.18. The molecule has 2 fully saturated rings. The number of benzene rings is 2. The van der Waals surface area contributed by atoms with Crippen molar-refractivity contribution in [2.75, 3.05) is 13.2 Å². The van der Waals surface area contributed by atoms with Crippen molar-refractivity contribution in [2.45, 2.75) is 37.0 Å². The average molecular weight is 358 g/mol. The van der Waals surface area contributed by atoms with Gasteiger partial charge in [0.1, 0.15) is 24.4 Å². The predicted octanol–water partition coefficient (Wildman–Crippen LogP) is 1.94. The van der Waals surface area contributed by atoms with Gasteiger partial charge in [0.25, 0.3) is 0 Å². The van der Waals surface area contributed by atoms with Crippen molar-refractivity contribution in [1.82, 2.24) is 0 Å². The monoisotopic (exact) mass is 358 g/mol. The lowest BCUT2D eigenvalue weighted by Gasteiger charge is -2.47. The summed E-state index contributed by atoms with van der Waals surface area (Å²) >= 11 is 0. The van der Waals surface area contributed by atoms with Gasteiger partial charge in [-0.25, -0.2) is 0 Å². The zero-order valence-corrected chi connectivity index (χ0v) is 14.2. The molecule has 2 N–H and O–H groups in total. The minimum absolute atomic E-state index is 0.311. The smallest absolute Gasteiger partial charge is 0.184 e. The second-order valence-corrected chi connectivity index (χ2v) is 6.44. The van der Waals surface area contributed by atoms with E-state index in [0.29, 0.717) is 6.61 Å². The number of ether oxygens (including phenoxy) is 4. The van der Waals surface area contributed by atoms with E-state index in [1.165, 1.54) is 0 Å². The molecule has 2 aromatic carbocycles. The van der Waals surface area contributed by atoms with Crippen molar-refractivity contribution in [3.05, 3.63) is 71.8 Å². The van der Waals surface area contributed by atoms with Crippen molar-refractivity contribution >= 4 is 0 Å². The van der Waals surface area contributed by atoms with E-state index < -0.39 is 43.6 Å². The first-order chi connectivity index (χ1) is 12.8. The molecule has 2 aromatic rings. The number of aliphatic hydroxyl groups is 2. The Labute approximate surface area is 151 Å². The summed E-state index contributed by atoms with van der Waals surface area (Å²) in [6.45, 7) is -0.110. The van der Waals surface area contributed by atoms with Crippen molar-refractivity contribution < 1.29 is 29.2 Å². The number of fused-ring (bicyclic) bond motifs is 1. The fourth-order valence-electron chi connectivity index (χ4n) is 3.33. The van der Waals surface area contributed by atoms with Gasteiger partial charge in [-0.2, -0.15) is 0 Å². The minimum atomic E-state index is -1.08. The van der Waals surface area contributed by atoms with Crippen LogP contribution in [0.2, 0.25) is 0 Å². The molecule has 6 heteroatoms. The first-order valence-electron chi connectivity index (χ1n) is 8.73. The second kappa shape index (κ2) is 7.84. The van der Waals surface area contributed by atoms with Crippen LogP contribution in [0.25, 0.3) is 0 Å². The van der Waals surface area contributed by atoms with Gasteiger partial charge >= 0.3 is 0 Å². The molecule has 2 aliphatic rings. The van der Waals surface area contributed by atoms with Crippen LogP contribution in [-0.2, 0) is 18.9 Å². The third-order valence-electron chi connectivity index (χ3n) is 4.67. The first-order valence-corrected chi connectivity index (χ1v) is 8.73. The summed E-state index contributed by atoms with van der Waals surface area (Å²) in [5.74, 6) is 0. The lowest BCUT2D eigenvalue weighted by molar-refractivity contribution is -0.373. The van der Waals surface area contributed by atoms with Crippen LogP contribution in [0.3, 0.4) is 0 Å². The van der Waals surface area contributed by atoms with E-state index in [1.54, 1.807) is 0 Å². The van der Waals surface area contributed by atoms with Crippen LogP contribution in [0.4, 0.5) is 0 Å². The standard InChI is InChI=1S/C20H22O6/c21-11-15(22)17-18-16(24-20(25-17)14-9-5-2-6-10-14)12-23-19(26-18)13-7-3-1-4-8-13/h1-10,15-22H,11-12H2/t15-,16-,17+,18+,19?,20?/m0/s1. The number of aliphatic hydroxyl groups excluding tert-OH is 2. The summed E-state index contributed by atoms with van der Waals surface area (Å²) in [5.41, 5.74) is 1.72. The maximum absolute atomic E-state index is 10.3. The quantitative estimate of drug-likeness (QED) is 0.870. The van der Waals surface area contributed by atoms with E-state index in [2.05, 4.69) is 0 Å². The minimum Gasteiger partial charge on any atom is -0.394 e. The molecular weight excluding hydrogens is 336 g/mol. The molecule has 0 bridgehead atoms. The van der Waals surface area contributed by atoms with Crippen molar-refractivity contribution in [2.24, 2.45) is 0 Å². The summed E-state index contributed by atoms with van der Waals surface area (Å²) in [4.78, 5) is 0. The van der Waals surface area contributed by atoms with E-state index in [0.717, 1.165) is 11.1 Å². The van der Waals surface area contributed by atoms with Crippen LogP contribution >= 0.6 is 0 Å². The molecule has 6 atom stereocenters. The second-order valence-electron chi connectivity index (χ2n) is 6.44. The van der Waals surface area contributed by atoms with Crippen LogP contribution in [-0.4, -0.2) is 47.8 Å². The molecule has 0 spiro atoms. The fraction of sp³-hybridized carbons (Fsp3) is 0.400. The Morgan fingerprint density at radius 3 is 2.08 bits per heavy atom. The number of hydrogen-bond acceptors (Lipinski definition) is 6. The van der Waals surface area contributed by atoms with Gasteiger partial charge in [-0.05, 0) is 0 Å². The Bertz CT molecular complexity index is 692. The highest BCUT2D eigenvalue weighted by atomic mass is 16.8. The molecule has 6 nitrogen and oxygen atoms in total. The van der Waals surface area contributed by atoms with Gasteiger partial charge in [-0.3, -0.25) is 0 Å². The van der Waals surface area contributed by atoms with Crippen molar-refractivity contribution in [3.63, 3.8) is 0 Å². The highest BCUT2D eigenvalue weighted by Gasteiger charge is 2.48. The Kier molecular flexibility index (Phi) is 5.31. The summed E-state index contributed by atoms with van der Waals surface area (Å²) < 4.78 is 23.9. The normalized spacial score (nSPS) is 32.6. The van der Waals surface area contributed by atoms with E-state index in [1.807, 2.05) is 60.7 Å². The summed E-state index contributed by atoms with van der Waals surface area (Å²) in [6, 6.07) is 19.1. The maximum atomic E-state index is 10.3. The molecule has 2 unspecified atom stereocenters. The molecule has 26 heavy (non-hydrogen) atoms. The Morgan fingerprint density at radius 1 is 0.846 bits per heavy atom. The van der Waals surface area contributed by atoms with Crippen LogP contribution in [0, 0.1) is 0 Å². The van der Waals surface area contributed by atoms with Crippen molar-refractivity contribution in [3.8, 4) is 0 Å². The number of rotatable bonds is 4. The van der Waals surface area contributed by atoms with Gasteiger partial charge in [0.2, 0.25) is 0 Å².